The second kappa shape index (κ2) is 8.48. The van der Waals surface area contributed by atoms with Crippen LogP contribution in [-0.4, -0.2) is 30.3 Å². The van der Waals surface area contributed by atoms with Crippen molar-refractivity contribution < 1.29 is 9.36 Å². The van der Waals surface area contributed by atoms with Gasteiger partial charge in [0.25, 0.3) is 5.91 Å². The topological polar surface area (TPSA) is 59.1 Å². The number of hydrogen-bond acceptors (Lipinski definition) is 4. The van der Waals surface area contributed by atoms with Gasteiger partial charge in [0.2, 0.25) is 0 Å². The van der Waals surface area contributed by atoms with Gasteiger partial charge in [0, 0.05) is 26.4 Å². The van der Waals surface area contributed by atoms with Gasteiger partial charge in [0.15, 0.2) is 0 Å². The van der Waals surface area contributed by atoms with E-state index in [-0.39, 0.29) is 11.9 Å². The molecule has 0 bridgehead atoms. The number of benzene rings is 2. The van der Waals surface area contributed by atoms with Crippen molar-refractivity contribution in [2.45, 2.75) is 37.6 Å². The Balaban J connectivity index is 1.38. The van der Waals surface area contributed by atoms with E-state index in [4.69, 9.17) is 4.98 Å². The molecule has 1 aromatic heterocycles. The Bertz CT molecular complexity index is 1100. The average Bonchev–Trinajstić information content (AvgIpc) is 3.11. The standard InChI is InChI=1S/C22H24IN2O2PS/c1-28(2,27)18-5-3-4-15(12-18)21(26)24-17-9-6-14(7-10-17)22-25-19-13-16(23)8-11-20(19)29-22/h3-5,8,11-14,17H,6-7,9-10H2,1-2H3,(H,24,26). The van der Waals surface area contributed by atoms with Crippen molar-refractivity contribution in [1.29, 1.82) is 0 Å². The highest BCUT2D eigenvalue weighted by atomic mass is 127. The highest BCUT2D eigenvalue weighted by molar-refractivity contribution is 14.1. The third-order valence-electron chi connectivity index (χ3n) is 5.51. The number of aromatic nitrogens is 1. The molecule has 29 heavy (non-hydrogen) atoms. The van der Waals surface area contributed by atoms with E-state index in [1.165, 1.54) is 13.3 Å². The summed E-state index contributed by atoms with van der Waals surface area (Å²) in [7, 11) is -2.37. The zero-order valence-electron chi connectivity index (χ0n) is 16.5. The molecule has 1 fully saturated rings. The van der Waals surface area contributed by atoms with E-state index in [1.807, 2.05) is 12.1 Å². The zero-order valence-corrected chi connectivity index (χ0v) is 20.4. The normalized spacial score (nSPS) is 20.0. The predicted octanol–water partition coefficient (Wildman–Crippen LogP) is 5.61. The maximum atomic E-state index is 12.7. The van der Waals surface area contributed by atoms with Gasteiger partial charge in [-0.05, 0) is 91.9 Å². The summed E-state index contributed by atoms with van der Waals surface area (Å²) in [4.78, 5) is 17.5. The van der Waals surface area contributed by atoms with Crippen LogP contribution < -0.4 is 10.6 Å². The molecule has 7 heteroatoms. The third kappa shape index (κ3) is 4.92. The third-order valence-corrected chi connectivity index (χ3v) is 8.90. The van der Waals surface area contributed by atoms with Crippen molar-refractivity contribution in [2.75, 3.05) is 13.3 Å². The minimum absolute atomic E-state index is 0.0710. The number of carbonyl (C=O) groups excluding carboxylic acids is 1. The first-order valence-corrected chi connectivity index (χ1v) is 14.3. The van der Waals surface area contributed by atoms with Gasteiger partial charge in [-0.3, -0.25) is 4.79 Å². The molecular weight excluding hydrogens is 514 g/mol. The monoisotopic (exact) mass is 538 g/mol. The fourth-order valence-electron chi connectivity index (χ4n) is 3.83. The number of carbonyl (C=O) groups is 1. The van der Waals surface area contributed by atoms with Crippen LogP contribution in [0, 0.1) is 3.57 Å². The molecule has 152 valence electrons. The Hall–Kier alpha value is -1.24. The second-order valence-corrected chi connectivity index (χ2v) is 13.6. The lowest BCUT2D eigenvalue weighted by Crippen LogP contribution is -2.37. The van der Waals surface area contributed by atoms with Crippen LogP contribution in [0.4, 0.5) is 0 Å². The summed E-state index contributed by atoms with van der Waals surface area (Å²) < 4.78 is 14.8. The molecule has 0 spiro atoms. The van der Waals surface area contributed by atoms with Crippen LogP contribution in [0.1, 0.15) is 47.0 Å². The Kier molecular flexibility index (Phi) is 6.14. The van der Waals surface area contributed by atoms with Crippen LogP contribution in [0.5, 0.6) is 0 Å². The number of fused-ring (bicyclic) bond motifs is 1. The number of halogens is 1. The van der Waals surface area contributed by atoms with Crippen LogP contribution in [0.25, 0.3) is 10.2 Å². The molecule has 1 aliphatic rings. The quantitative estimate of drug-likeness (QED) is 0.348. The number of amides is 1. The Morgan fingerprint density at radius 3 is 2.62 bits per heavy atom. The zero-order chi connectivity index (χ0) is 20.6. The molecule has 1 heterocycles. The summed E-state index contributed by atoms with van der Waals surface area (Å²) in [6.45, 7) is 3.46. The minimum Gasteiger partial charge on any atom is -0.349 e. The van der Waals surface area contributed by atoms with Gasteiger partial charge in [0.1, 0.15) is 7.14 Å². The molecule has 0 aliphatic heterocycles. The Morgan fingerprint density at radius 2 is 1.90 bits per heavy atom. The lowest BCUT2D eigenvalue weighted by atomic mass is 9.86. The molecule has 2 aromatic carbocycles. The van der Waals surface area contributed by atoms with E-state index in [2.05, 4.69) is 46.1 Å². The summed E-state index contributed by atoms with van der Waals surface area (Å²) in [6.07, 6.45) is 4.01. The number of rotatable bonds is 4. The van der Waals surface area contributed by atoms with Crippen molar-refractivity contribution in [3.8, 4) is 0 Å². The molecule has 4 rings (SSSR count). The van der Waals surface area contributed by atoms with E-state index in [0.29, 0.717) is 11.5 Å². The summed E-state index contributed by atoms with van der Waals surface area (Å²) in [6, 6.07) is 13.8. The Morgan fingerprint density at radius 1 is 1.14 bits per heavy atom. The highest BCUT2D eigenvalue weighted by Crippen LogP contribution is 2.37. The summed E-state index contributed by atoms with van der Waals surface area (Å²) in [5.41, 5.74) is 1.69. The smallest absolute Gasteiger partial charge is 0.251 e. The predicted molar refractivity (Wildman–Crippen MR) is 130 cm³/mol. The van der Waals surface area contributed by atoms with E-state index < -0.39 is 7.14 Å². The van der Waals surface area contributed by atoms with Gasteiger partial charge in [-0.25, -0.2) is 4.98 Å². The molecule has 0 saturated heterocycles. The van der Waals surface area contributed by atoms with E-state index in [1.54, 1.807) is 36.8 Å². The number of hydrogen-bond donors (Lipinski definition) is 1. The lowest BCUT2D eigenvalue weighted by molar-refractivity contribution is 0.0926. The molecule has 1 amide bonds. The van der Waals surface area contributed by atoms with Gasteiger partial charge in [0.05, 0.1) is 15.2 Å². The highest BCUT2D eigenvalue weighted by Gasteiger charge is 2.26. The van der Waals surface area contributed by atoms with Gasteiger partial charge < -0.3 is 9.88 Å². The largest absolute Gasteiger partial charge is 0.349 e. The summed E-state index contributed by atoms with van der Waals surface area (Å²) in [5.74, 6) is 0.408. The van der Waals surface area contributed by atoms with E-state index >= 15 is 0 Å². The van der Waals surface area contributed by atoms with Crippen molar-refractivity contribution in [3.05, 3.63) is 56.6 Å². The number of nitrogens with zero attached hydrogens (tertiary/aromatic N) is 1. The van der Waals surface area contributed by atoms with Gasteiger partial charge >= 0.3 is 0 Å². The number of nitrogens with one attached hydrogen (secondary N) is 1. The molecule has 1 N–H and O–H groups in total. The van der Waals surface area contributed by atoms with Crippen LogP contribution in [-0.2, 0) is 4.57 Å². The summed E-state index contributed by atoms with van der Waals surface area (Å²) in [5, 5.41) is 5.15. The molecule has 0 unspecified atom stereocenters. The fourth-order valence-corrected chi connectivity index (χ4v) is 6.32. The molecule has 1 aliphatic carbocycles. The Labute approximate surface area is 189 Å². The average molecular weight is 538 g/mol. The fraction of sp³-hybridized carbons (Fsp3) is 0.364. The minimum atomic E-state index is -2.37. The molecular formula is C22H24IN2O2PS. The van der Waals surface area contributed by atoms with E-state index in [0.717, 1.165) is 36.5 Å². The molecule has 1 saturated carbocycles. The van der Waals surface area contributed by atoms with Crippen LogP contribution in [0.3, 0.4) is 0 Å². The van der Waals surface area contributed by atoms with Gasteiger partial charge in [-0.1, -0.05) is 12.1 Å². The first-order chi connectivity index (χ1) is 13.8. The van der Waals surface area contributed by atoms with Crippen LogP contribution in [0.2, 0.25) is 0 Å². The SMILES string of the molecule is CP(C)(=O)c1cccc(C(=O)NC2CCC(c3nc4cc(I)ccc4s3)CC2)c1. The van der Waals surface area contributed by atoms with Crippen LogP contribution in [0.15, 0.2) is 42.5 Å². The van der Waals surface area contributed by atoms with Crippen LogP contribution >= 0.6 is 41.1 Å². The molecule has 4 nitrogen and oxygen atoms in total. The van der Waals surface area contributed by atoms with E-state index in [9.17, 15) is 9.36 Å². The summed E-state index contributed by atoms with van der Waals surface area (Å²) >= 11 is 4.13. The molecule has 3 aromatic rings. The molecule has 0 atom stereocenters. The van der Waals surface area contributed by atoms with Crippen molar-refractivity contribution in [3.63, 3.8) is 0 Å². The lowest BCUT2D eigenvalue weighted by Gasteiger charge is -2.28. The first-order valence-electron chi connectivity index (χ1n) is 9.82. The molecule has 0 radical (unpaired) electrons. The maximum Gasteiger partial charge on any atom is 0.251 e. The van der Waals surface area contributed by atoms with Gasteiger partial charge in [-0.15, -0.1) is 11.3 Å². The van der Waals surface area contributed by atoms with Crippen molar-refractivity contribution >= 4 is 62.5 Å². The second-order valence-electron chi connectivity index (χ2n) is 8.09. The van der Waals surface area contributed by atoms with Gasteiger partial charge in [-0.2, -0.15) is 0 Å². The van der Waals surface area contributed by atoms with Crippen molar-refractivity contribution in [1.82, 2.24) is 10.3 Å². The van der Waals surface area contributed by atoms with Crippen molar-refractivity contribution in [2.24, 2.45) is 0 Å². The maximum absolute atomic E-state index is 12.7. The number of thiazole rings is 1. The first kappa shape index (κ1) is 21.0.